The SMILES string of the molecule is C[C@@H]1CN(C)CC[C@@H]1Nc1cccc2c1cc(-c1noc(CNC(=O)c3ccc(C(C)(C)O)s3)n1)n2CC(F)(F)F. The lowest BCUT2D eigenvalue weighted by molar-refractivity contribution is -0.139. The molecule has 1 amide bonds. The maximum Gasteiger partial charge on any atom is 0.406 e. The van der Waals surface area contributed by atoms with Gasteiger partial charge in [0.05, 0.1) is 28.2 Å². The van der Waals surface area contributed by atoms with Crippen LogP contribution in [0.3, 0.4) is 0 Å². The number of rotatable bonds is 8. The number of aliphatic hydroxyl groups is 1. The Hall–Kier alpha value is -3.42. The lowest BCUT2D eigenvalue weighted by atomic mass is 9.94. The molecular formula is C28H33F3N6O3S. The molecule has 220 valence electrons. The molecule has 0 radical (unpaired) electrons. The predicted molar refractivity (Wildman–Crippen MR) is 151 cm³/mol. The van der Waals surface area contributed by atoms with Crippen molar-refractivity contribution in [2.75, 3.05) is 25.5 Å². The van der Waals surface area contributed by atoms with E-state index >= 15 is 0 Å². The number of carbonyl (C=O) groups is 1. The Morgan fingerprint density at radius 1 is 1.24 bits per heavy atom. The van der Waals surface area contributed by atoms with Gasteiger partial charge in [-0.2, -0.15) is 18.2 Å². The third-order valence-electron chi connectivity index (χ3n) is 7.26. The number of amides is 1. The Kier molecular flexibility index (Phi) is 7.88. The van der Waals surface area contributed by atoms with E-state index in [9.17, 15) is 23.1 Å². The number of hydrogen-bond acceptors (Lipinski definition) is 8. The van der Waals surface area contributed by atoms with Crippen molar-refractivity contribution in [3.05, 3.63) is 52.0 Å². The van der Waals surface area contributed by atoms with E-state index in [2.05, 4.69) is 39.6 Å². The maximum atomic E-state index is 13.7. The van der Waals surface area contributed by atoms with E-state index in [1.807, 2.05) is 6.07 Å². The van der Waals surface area contributed by atoms with E-state index < -0.39 is 24.2 Å². The minimum Gasteiger partial charge on any atom is -0.385 e. The highest BCUT2D eigenvalue weighted by atomic mass is 32.1. The number of thiophene rings is 1. The second-order valence-corrected chi connectivity index (χ2v) is 12.2. The molecule has 1 fully saturated rings. The zero-order chi connectivity index (χ0) is 29.5. The maximum absolute atomic E-state index is 13.7. The van der Waals surface area contributed by atoms with Crippen LogP contribution in [0.5, 0.6) is 0 Å². The van der Waals surface area contributed by atoms with Crippen LogP contribution in [0.2, 0.25) is 0 Å². The first-order valence-corrected chi connectivity index (χ1v) is 14.2. The van der Waals surface area contributed by atoms with Crippen LogP contribution in [0, 0.1) is 5.92 Å². The number of anilines is 1. The van der Waals surface area contributed by atoms with E-state index in [0.29, 0.717) is 26.6 Å². The van der Waals surface area contributed by atoms with Crippen molar-refractivity contribution in [3.8, 4) is 11.5 Å². The molecule has 0 unspecified atom stereocenters. The van der Waals surface area contributed by atoms with Crippen LogP contribution >= 0.6 is 11.3 Å². The molecule has 1 aromatic carbocycles. The van der Waals surface area contributed by atoms with E-state index in [1.165, 1.54) is 0 Å². The molecule has 0 saturated carbocycles. The smallest absolute Gasteiger partial charge is 0.385 e. The average molecular weight is 591 g/mol. The standard InChI is InChI=1S/C28H33F3N6O3S/c1-16-14-36(4)11-10-18(16)33-19-6-5-7-20-17(19)12-21(37(20)15-28(29,30)31)25-34-24(40-35-25)13-32-26(38)22-8-9-23(41-22)27(2,3)39/h5-9,12,16,18,33,39H,10-11,13-15H2,1-4H3,(H,32,38)/t16-,18+/m1/s1. The van der Waals surface area contributed by atoms with Gasteiger partial charge in [-0.15, -0.1) is 11.3 Å². The second kappa shape index (κ2) is 11.1. The first-order chi connectivity index (χ1) is 19.3. The molecule has 4 aromatic rings. The van der Waals surface area contributed by atoms with Crippen molar-refractivity contribution >= 4 is 33.8 Å². The number of benzene rings is 1. The Morgan fingerprint density at radius 3 is 2.71 bits per heavy atom. The average Bonchev–Trinajstić information content (AvgIpc) is 3.63. The van der Waals surface area contributed by atoms with Crippen LogP contribution in [-0.4, -0.2) is 63.0 Å². The highest BCUT2D eigenvalue weighted by molar-refractivity contribution is 7.14. The summed E-state index contributed by atoms with van der Waals surface area (Å²) in [6.45, 7) is 5.97. The minimum absolute atomic E-state index is 0.00579. The predicted octanol–water partition coefficient (Wildman–Crippen LogP) is 5.22. The summed E-state index contributed by atoms with van der Waals surface area (Å²) in [5, 5.41) is 21.0. The van der Waals surface area contributed by atoms with E-state index in [4.69, 9.17) is 4.52 Å². The molecule has 1 aliphatic rings. The molecule has 0 spiro atoms. The van der Waals surface area contributed by atoms with Crippen molar-refractivity contribution in [2.45, 2.75) is 58.1 Å². The molecule has 41 heavy (non-hydrogen) atoms. The number of alkyl halides is 3. The van der Waals surface area contributed by atoms with Gasteiger partial charge in [-0.3, -0.25) is 4.79 Å². The lowest BCUT2D eigenvalue weighted by Gasteiger charge is -2.36. The van der Waals surface area contributed by atoms with Crippen LogP contribution in [0.25, 0.3) is 22.4 Å². The molecular weight excluding hydrogens is 557 g/mol. The summed E-state index contributed by atoms with van der Waals surface area (Å²) in [5.74, 6) is 0.0190. The summed E-state index contributed by atoms with van der Waals surface area (Å²) in [4.78, 5) is 20.2. The number of hydrogen-bond donors (Lipinski definition) is 3. The number of fused-ring (bicyclic) bond motifs is 1. The third-order valence-corrected chi connectivity index (χ3v) is 8.66. The Labute approximate surface area is 239 Å². The fourth-order valence-electron chi connectivity index (χ4n) is 5.18. The van der Waals surface area contributed by atoms with Gasteiger partial charge >= 0.3 is 6.18 Å². The van der Waals surface area contributed by atoms with Crippen LogP contribution < -0.4 is 10.6 Å². The monoisotopic (exact) mass is 590 g/mol. The van der Waals surface area contributed by atoms with Gasteiger partial charge in [0.25, 0.3) is 5.91 Å². The number of halogens is 3. The first-order valence-electron chi connectivity index (χ1n) is 13.4. The molecule has 4 heterocycles. The summed E-state index contributed by atoms with van der Waals surface area (Å²) < 4.78 is 47.5. The summed E-state index contributed by atoms with van der Waals surface area (Å²) in [7, 11) is 2.08. The molecule has 0 aliphatic carbocycles. The largest absolute Gasteiger partial charge is 0.406 e. The van der Waals surface area contributed by atoms with Gasteiger partial charge in [0.2, 0.25) is 11.7 Å². The van der Waals surface area contributed by atoms with Crippen LogP contribution in [0.1, 0.15) is 47.6 Å². The van der Waals surface area contributed by atoms with Gasteiger partial charge in [-0.05, 0) is 70.1 Å². The van der Waals surface area contributed by atoms with Crippen molar-refractivity contribution in [1.82, 2.24) is 24.9 Å². The highest BCUT2D eigenvalue weighted by Gasteiger charge is 2.32. The highest BCUT2D eigenvalue weighted by Crippen LogP contribution is 2.35. The van der Waals surface area contributed by atoms with Crippen LogP contribution in [0.15, 0.2) is 40.9 Å². The third kappa shape index (κ3) is 6.57. The summed E-state index contributed by atoms with van der Waals surface area (Å²) >= 11 is 1.16. The number of nitrogens with zero attached hydrogens (tertiary/aromatic N) is 4. The van der Waals surface area contributed by atoms with Gasteiger partial charge < -0.3 is 29.7 Å². The fraction of sp³-hybridized carbons (Fsp3) is 0.464. The molecule has 0 bridgehead atoms. The van der Waals surface area contributed by atoms with E-state index in [0.717, 1.165) is 41.1 Å². The quantitative estimate of drug-likeness (QED) is 0.258. The number of nitrogens with one attached hydrogen (secondary N) is 2. The normalized spacial score (nSPS) is 18.6. The molecule has 2 atom stereocenters. The number of aromatic nitrogens is 3. The van der Waals surface area contributed by atoms with Gasteiger partial charge in [0, 0.05) is 28.5 Å². The van der Waals surface area contributed by atoms with Crippen molar-refractivity contribution in [1.29, 1.82) is 0 Å². The molecule has 1 saturated heterocycles. The number of likely N-dealkylation sites (tertiary alicyclic amines) is 1. The molecule has 5 rings (SSSR count). The van der Waals surface area contributed by atoms with Gasteiger partial charge in [0.15, 0.2) is 0 Å². The van der Waals surface area contributed by atoms with E-state index in [1.54, 1.807) is 44.2 Å². The van der Waals surface area contributed by atoms with E-state index in [-0.39, 0.29) is 30.0 Å². The molecule has 3 aromatic heterocycles. The summed E-state index contributed by atoms with van der Waals surface area (Å²) in [6, 6.07) is 10.4. The van der Waals surface area contributed by atoms with Gasteiger partial charge in [-0.25, -0.2) is 0 Å². The summed E-state index contributed by atoms with van der Waals surface area (Å²) in [5.41, 5.74) is 0.254. The zero-order valence-corrected chi connectivity index (χ0v) is 24.1. The Bertz CT molecular complexity index is 1540. The summed E-state index contributed by atoms with van der Waals surface area (Å²) in [6.07, 6.45) is -3.55. The Morgan fingerprint density at radius 2 is 2.02 bits per heavy atom. The molecule has 13 heteroatoms. The minimum atomic E-state index is -4.48. The molecule has 1 aliphatic heterocycles. The van der Waals surface area contributed by atoms with Crippen LogP contribution in [-0.2, 0) is 18.7 Å². The van der Waals surface area contributed by atoms with Crippen molar-refractivity contribution in [3.63, 3.8) is 0 Å². The second-order valence-electron chi connectivity index (χ2n) is 11.2. The molecule has 9 nitrogen and oxygen atoms in total. The number of carbonyl (C=O) groups excluding carboxylic acids is 1. The first kappa shape index (κ1) is 29.1. The lowest BCUT2D eigenvalue weighted by Crippen LogP contribution is -2.43. The van der Waals surface area contributed by atoms with Crippen molar-refractivity contribution < 1.29 is 27.6 Å². The number of piperidine rings is 1. The van der Waals surface area contributed by atoms with Crippen LogP contribution in [0.4, 0.5) is 18.9 Å². The molecule has 3 N–H and O–H groups in total. The van der Waals surface area contributed by atoms with Gasteiger partial charge in [-0.1, -0.05) is 18.1 Å². The topological polar surface area (TPSA) is 108 Å². The van der Waals surface area contributed by atoms with Gasteiger partial charge in [0.1, 0.15) is 6.54 Å². The zero-order valence-electron chi connectivity index (χ0n) is 23.2. The fourth-order valence-corrected chi connectivity index (χ4v) is 6.10. The van der Waals surface area contributed by atoms with Crippen molar-refractivity contribution in [2.24, 2.45) is 5.92 Å². The Balaban J connectivity index is 1.40.